The summed E-state index contributed by atoms with van der Waals surface area (Å²) in [6.07, 6.45) is 0.271. The highest BCUT2D eigenvalue weighted by Crippen LogP contribution is 2.31. The Morgan fingerprint density at radius 1 is 1.16 bits per heavy atom. The molecule has 2 aliphatic heterocycles. The number of carbonyl (C=O) groups is 2. The number of nitrogens with zero attached hydrogens (tertiary/aromatic N) is 4. The highest BCUT2D eigenvalue weighted by atomic mass is 16.5. The number of aryl methyl sites for hydroxylation is 2. The zero-order chi connectivity index (χ0) is 17.6. The predicted molar refractivity (Wildman–Crippen MR) is 90.0 cm³/mol. The lowest BCUT2D eigenvalue weighted by Gasteiger charge is -2.38. The lowest BCUT2D eigenvalue weighted by Crippen LogP contribution is -2.51. The summed E-state index contributed by atoms with van der Waals surface area (Å²) in [5.41, 5.74) is 2.00. The van der Waals surface area contributed by atoms with Gasteiger partial charge in [0.15, 0.2) is 5.82 Å². The molecular formula is C18H20N4O3. The Morgan fingerprint density at radius 3 is 2.52 bits per heavy atom. The van der Waals surface area contributed by atoms with E-state index in [9.17, 15) is 9.59 Å². The molecule has 2 fully saturated rings. The summed E-state index contributed by atoms with van der Waals surface area (Å²) in [6.45, 7) is 5.39. The van der Waals surface area contributed by atoms with Gasteiger partial charge in [-0.15, -0.1) is 0 Å². The van der Waals surface area contributed by atoms with Crippen LogP contribution in [-0.4, -0.2) is 46.5 Å². The zero-order valence-corrected chi connectivity index (χ0v) is 14.3. The first-order valence-electron chi connectivity index (χ1n) is 8.47. The number of likely N-dealkylation sites (tertiary alicyclic amines) is 1. The lowest BCUT2D eigenvalue weighted by molar-refractivity contribution is -0.140. The molecule has 0 aliphatic carbocycles. The summed E-state index contributed by atoms with van der Waals surface area (Å²) in [5.74, 6) is 1.07. The Balaban J connectivity index is 1.37. The van der Waals surface area contributed by atoms with Gasteiger partial charge in [-0.25, -0.2) is 0 Å². The largest absolute Gasteiger partial charge is 0.341 e. The quantitative estimate of drug-likeness (QED) is 0.849. The number of aromatic nitrogens is 2. The first-order valence-corrected chi connectivity index (χ1v) is 8.47. The van der Waals surface area contributed by atoms with Crippen molar-refractivity contribution >= 4 is 17.5 Å². The summed E-state index contributed by atoms with van der Waals surface area (Å²) in [4.78, 5) is 32.7. The van der Waals surface area contributed by atoms with Crippen LogP contribution in [0, 0.1) is 19.8 Å². The van der Waals surface area contributed by atoms with E-state index in [1.807, 2.05) is 31.2 Å². The number of amides is 2. The normalized spacial score (nSPS) is 20.9. The maximum absolute atomic E-state index is 12.7. The maximum atomic E-state index is 12.7. The van der Waals surface area contributed by atoms with Crippen LogP contribution in [0.3, 0.4) is 0 Å². The Hall–Kier alpha value is -2.70. The van der Waals surface area contributed by atoms with Crippen molar-refractivity contribution in [1.29, 1.82) is 0 Å². The maximum Gasteiger partial charge on any atom is 0.233 e. The second-order valence-electron chi connectivity index (χ2n) is 6.86. The smallest absolute Gasteiger partial charge is 0.233 e. The van der Waals surface area contributed by atoms with Gasteiger partial charge in [0.25, 0.3) is 0 Å². The molecule has 3 heterocycles. The molecule has 0 bridgehead atoms. The first-order chi connectivity index (χ1) is 12.0. The molecule has 1 unspecified atom stereocenters. The fourth-order valence-corrected chi connectivity index (χ4v) is 3.40. The second kappa shape index (κ2) is 5.98. The Kier molecular flexibility index (Phi) is 3.78. The van der Waals surface area contributed by atoms with Gasteiger partial charge in [0.1, 0.15) is 0 Å². The fourth-order valence-electron chi connectivity index (χ4n) is 3.40. The van der Waals surface area contributed by atoms with Crippen molar-refractivity contribution in [2.45, 2.75) is 26.2 Å². The molecule has 0 saturated carbocycles. The van der Waals surface area contributed by atoms with E-state index in [4.69, 9.17) is 4.52 Å². The number of anilines is 1. The summed E-state index contributed by atoms with van der Waals surface area (Å²) in [5, 5.41) is 3.79. The Labute approximate surface area is 145 Å². The number of rotatable bonds is 3. The molecule has 4 rings (SSSR count). The van der Waals surface area contributed by atoms with Crippen molar-refractivity contribution in [2.24, 2.45) is 5.92 Å². The predicted octanol–water partition coefficient (Wildman–Crippen LogP) is 1.67. The topological polar surface area (TPSA) is 79.5 Å². The minimum Gasteiger partial charge on any atom is -0.341 e. The minimum absolute atomic E-state index is 0.00630. The van der Waals surface area contributed by atoms with Crippen molar-refractivity contribution in [3.8, 4) is 0 Å². The third kappa shape index (κ3) is 2.90. The van der Waals surface area contributed by atoms with Crippen LogP contribution in [0.2, 0.25) is 0 Å². The zero-order valence-electron chi connectivity index (χ0n) is 14.3. The van der Waals surface area contributed by atoms with Gasteiger partial charge in [-0.1, -0.05) is 22.9 Å². The summed E-state index contributed by atoms with van der Waals surface area (Å²) in [6, 6.07) is 7.81. The Bertz CT molecular complexity index is 808. The second-order valence-corrected chi connectivity index (χ2v) is 6.86. The van der Waals surface area contributed by atoms with E-state index >= 15 is 0 Å². The van der Waals surface area contributed by atoms with Crippen LogP contribution in [0.1, 0.15) is 29.6 Å². The van der Waals surface area contributed by atoms with E-state index < -0.39 is 0 Å². The molecular weight excluding hydrogens is 320 g/mol. The molecule has 1 atom stereocenters. The van der Waals surface area contributed by atoms with Crippen LogP contribution in [0.4, 0.5) is 5.69 Å². The lowest BCUT2D eigenvalue weighted by atomic mass is 9.96. The summed E-state index contributed by atoms with van der Waals surface area (Å²) < 4.78 is 5.16. The summed E-state index contributed by atoms with van der Waals surface area (Å²) >= 11 is 0. The molecule has 1 aromatic carbocycles. The number of hydrogen-bond donors (Lipinski definition) is 0. The molecule has 0 spiro atoms. The van der Waals surface area contributed by atoms with Gasteiger partial charge in [0, 0.05) is 31.7 Å². The fraction of sp³-hybridized carbons (Fsp3) is 0.444. The number of carbonyl (C=O) groups excluding carboxylic acids is 2. The van der Waals surface area contributed by atoms with Gasteiger partial charge in [-0.05, 0) is 26.0 Å². The van der Waals surface area contributed by atoms with Crippen LogP contribution in [0.15, 0.2) is 28.8 Å². The van der Waals surface area contributed by atoms with Gasteiger partial charge < -0.3 is 14.3 Å². The highest BCUT2D eigenvalue weighted by Gasteiger charge is 2.42. The molecule has 1 aromatic heterocycles. The molecule has 7 nitrogen and oxygen atoms in total. The molecule has 0 radical (unpaired) electrons. The van der Waals surface area contributed by atoms with Crippen LogP contribution in [0.25, 0.3) is 0 Å². The van der Waals surface area contributed by atoms with Crippen molar-refractivity contribution in [1.82, 2.24) is 15.0 Å². The van der Waals surface area contributed by atoms with Crippen molar-refractivity contribution in [2.75, 3.05) is 24.5 Å². The summed E-state index contributed by atoms with van der Waals surface area (Å²) in [7, 11) is 0. The molecule has 0 N–H and O–H groups in total. The molecule has 2 aliphatic rings. The average Bonchev–Trinajstić information content (AvgIpc) is 3.13. The van der Waals surface area contributed by atoms with E-state index in [2.05, 4.69) is 10.1 Å². The average molecular weight is 340 g/mol. The van der Waals surface area contributed by atoms with Gasteiger partial charge in [-0.2, -0.15) is 4.98 Å². The van der Waals surface area contributed by atoms with Gasteiger partial charge in [-0.3, -0.25) is 9.59 Å². The monoisotopic (exact) mass is 340 g/mol. The standard InChI is InChI=1S/C18H20N4O3/c1-11-3-5-15(6-4-11)22-10-13(7-16(22)23)18(24)21-8-14(9-21)17-19-12(2)20-25-17/h3-6,13-14H,7-10H2,1-2H3. The van der Waals surface area contributed by atoms with Gasteiger partial charge >= 0.3 is 0 Å². The van der Waals surface area contributed by atoms with E-state index in [0.29, 0.717) is 31.3 Å². The van der Waals surface area contributed by atoms with E-state index in [1.165, 1.54) is 0 Å². The van der Waals surface area contributed by atoms with Crippen molar-refractivity contribution in [3.05, 3.63) is 41.5 Å². The number of benzene rings is 1. The molecule has 2 amide bonds. The SMILES string of the molecule is Cc1ccc(N2CC(C(=O)N3CC(c4nc(C)no4)C3)CC2=O)cc1. The van der Waals surface area contributed by atoms with E-state index in [0.717, 1.165) is 11.3 Å². The third-order valence-corrected chi connectivity index (χ3v) is 4.91. The van der Waals surface area contributed by atoms with Crippen molar-refractivity contribution in [3.63, 3.8) is 0 Å². The highest BCUT2D eigenvalue weighted by molar-refractivity contribution is 6.00. The third-order valence-electron chi connectivity index (χ3n) is 4.91. The van der Waals surface area contributed by atoms with E-state index in [-0.39, 0.29) is 30.1 Å². The van der Waals surface area contributed by atoms with Gasteiger partial charge in [0.2, 0.25) is 17.7 Å². The molecule has 2 saturated heterocycles. The molecule has 2 aromatic rings. The molecule has 7 heteroatoms. The van der Waals surface area contributed by atoms with Crippen molar-refractivity contribution < 1.29 is 14.1 Å². The molecule has 25 heavy (non-hydrogen) atoms. The van der Waals surface area contributed by atoms with E-state index in [1.54, 1.807) is 16.7 Å². The van der Waals surface area contributed by atoms with Crippen LogP contribution in [-0.2, 0) is 9.59 Å². The van der Waals surface area contributed by atoms with Crippen LogP contribution >= 0.6 is 0 Å². The molecule has 130 valence electrons. The number of hydrogen-bond acceptors (Lipinski definition) is 5. The van der Waals surface area contributed by atoms with Crippen LogP contribution < -0.4 is 4.90 Å². The van der Waals surface area contributed by atoms with Gasteiger partial charge in [0.05, 0.1) is 11.8 Å². The van der Waals surface area contributed by atoms with Crippen LogP contribution in [0.5, 0.6) is 0 Å². The first kappa shape index (κ1) is 15.8. The minimum atomic E-state index is -0.279. The Morgan fingerprint density at radius 2 is 1.88 bits per heavy atom.